The van der Waals surface area contributed by atoms with E-state index >= 15 is 4.39 Å². The van der Waals surface area contributed by atoms with Crippen LogP contribution in [-0.2, 0) is 14.4 Å². The Morgan fingerprint density at radius 3 is 0.913 bits per heavy atom. The Balaban J connectivity index is 0.000000175. The number of anilines is 6. The molecule has 27 nitrogen and oxygen atoms in total. The summed E-state index contributed by atoms with van der Waals surface area (Å²) in [6.07, 6.45) is 8.67. The fraction of sp³-hybridized carbons (Fsp3) is 0.281. The van der Waals surface area contributed by atoms with E-state index in [9.17, 15) is 53.3 Å². The molecule has 0 aliphatic carbocycles. The number of benzene rings is 3. The molecule has 0 bridgehead atoms. The molecular formula is C96H84Cl12F3N21O6. The normalized spacial score (nSPS) is 15.0. The van der Waals surface area contributed by atoms with E-state index < -0.39 is 59.2 Å². The fourth-order valence-corrected chi connectivity index (χ4v) is 20.3. The first kappa shape index (κ1) is 104. The predicted molar refractivity (Wildman–Crippen MR) is 546 cm³/mol. The highest BCUT2D eigenvalue weighted by Crippen LogP contribution is 2.52. The van der Waals surface area contributed by atoms with Gasteiger partial charge in [0.15, 0.2) is 17.5 Å². The van der Waals surface area contributed by atoms with Crippen molar-refractivity contribution in [1.29, 1.82) is 15.8 Å². The molecule has 3 amide bonds. The number of pyridine rings is 9. The number of rotatable bonds is 15. The summed E-state index contributed by atoms with van der Waals surface area (Å²) in [6.45, 7) is 36.1. The molecule has 0 radical (unpaired) electrons. The van der Waals surface area contributed by atoms with Crippen molar-refractivity contribution in [1.82, 2.24) is 58.3 Å². The number of nitriles is 3. The lowest BCUT2D eigenvalue weighted by Crippen LogP contribution is -2.54. The maximum absolute atomic E-state index is 15.7. The Bertz CT molecular complexity index is 6780. The second-order valence-corrected chi connectivity index (χ2v) is 38.4. The number of nitrogens with two attached hydrogens (primary N) is 3. The molecule has 714 valence electrons. The number of carbonyl (C=O) groups excluding carboxylic acids is 3. The Kier molecular flexibility index (Phi) is 31.1. The van der Waals surface area contributed by atoms with Gasteiger partial charge in [-0.05, 0) is 131 Å². The van der Waals surface area contributed by atoms with Gasteiger partial charge < -0.3 is 46.6 Å². The van der Waals surface area contributed by atoms with Crippen molar-refractivity contribution in [2.75, 3.05) is 90.8 Å². The van der Waals surface area contributed by atoms with Crippen molar-refractivity contribution in [3.63, 3.8) is 0 Å². The summed E-state index contributed by atoms with van der Waals surface area (Å²) in [5.41, 5.74) is 21.4. The Hall–Kier alpha value is -11.6. The monoisotopic (exact) mass is 2100 g/mol. The van der Waals surface area contributed by atoms with Crippen LogP contribution in [0.3, 0.4) is 0 Å². The third-order valence-corrected chi connectivity index (χ3v) is 28.7. The number of piperazine rings is 3. The van der Waals surface area contributed by atoms with Gasteiger partial charge in [-0.1, -0.05) is 200 Å². The molecule has 3 aliphatic rings. The third-order valence-electron chi connectivity index (χ3n) is 24.2. The quantitative estimate of drug-likeness (QED) is 0.0371. The molecule has 9 aromatic heterocycles. The van der Waals surface area contributed by atoms with E-state index in [2.05, 4.69) is 52.9 Å². The van der Waals surface area contributed by atoms with E-state index in [4.69, 9.17) is 171 Å². The Labute approximate surface area is 850 Å². The van der Waals surface area contributed by atoms with Crippen LogP contribution in [0.1, 0.15) is 131 Å². The van der Waals surface area contributed by atoms with Crippen molar-refractivity contribution in [2.24, 2.45) is 0 Å². The maximum Gasteiger partial charge on any atom is 0.276 e. The van der Waals surface area contributed by atoms with Gasteiger partial charge in [0, 0.05) is 123 Å². The minimum Gasteiger partial charge on any atom is -0.397 e. The van der Waals surface area contributed by atoms with E-state index in [1.165, 1.54) is 38.0 Å². The first-order valence-electron chi connectivity index (χ1n) is 42.6. The van der Waals surface area contributed by atoms with Crippen molar-refractivity contribution in [3.05, 3.63) is 252 Å². The molecule has 3 aliphatic heterocycles. The topological polar surface area (TPSA) is 363 Å². The molecule has 0 spiro atoms. The first-order chi connectivity index (χ1) is 65.2. The van der Waals surface area contributed by atoms with Crippen molar-refractivity contribution >= 4 is 224 Å². The summed E-state index contributed by atoms with van der Waals surface area (Å²) >= 11 is 76.9. The standard InChI is InChI=1S/3C32H28Cl4FN7O2/c1-6-20(45)43-10-9-42(13-16(43)5)30-17-11-19(33)28(21-25(37)23(35)22(34)24(36)26(21)39)41-31(17)44(32(46)18(30)12-38)29-15(4)7-8-40-27(29)14(2)3;2*1-6-20(45)43-10-9-42(13-16(43)5)30-17-11-19(33)28(21-22(34)23(35)25(37)24(36)26(21)39)41-31(17)44(32(46)18(30)12-38)29-15(4)7-8-40-27(29)14(2)3/h3*6-8,11,14,16H,1,9-10,13,39H2,2-5H3/t3*16-/m111/s1. The molecule has 12 heterocycles. The lowest BCUT2D eigenvalue weighted by atomic mass is 10.0. The fourth-order valence-electron chi connectivity index (χ4n) is 17.6. The van der Waals surface area contributed by atoms with Crippen LogP contribution in [0.25, 0.3) is 83.9 Å². The van der Waals surface area contributed by atoms with Crippen molar-refractivity contribution < 1.29 is 27.6 Å². The summed E-state index contributed by atoms with van der Waals surface area (Å²) < 4.78 is 49.1. The predicted octanol–water partition coefficient (Wildman–Crippen LogP) is 21.9. The van der Waals surface area contributed by atoms with Gasteiger partial charge in [-0.25, -0.2) is 28.1 Å². The van der Waals surface area contributed by atoms with Crippen molar-refractivity contribution in [2.45, 2.75) is 119 Å². The lowest BCUT2D eigenvalue weighted by molar-refractivity contribution is -0.129. The van der Waals surface area contributed by atoms with Crippen LogP contribution < -0.4 is 48.6 Å². The molecule has 0 unspecified atom stereocenters. The van der Waals surface area contributed by atoms with Gasteiger partial charge in [0.2, 0.25) is 17.7 Å². The average Bonchev–Trinajstić information content (AvgIpc) is 0.726. The summed E-state index contributed by atoms with van der Waals surface area (Å²) in [6, 6.07) is 15.4. The zero-order valence-corrected chi connectivity index (χ0v) is 84.8. The number of halogens is 15. The van der Waals surface area contributed by atoms with Gasteiger partial charge in [-0.3, -0.25) is 57.4 Å². The Morgan fingerprint density at radius 1 is 0.399 bits per heavy atom. The van der Waals surface area contributed by atoms with Gasteiger partial charge in [-0.15, -0.1) is 0 Å². The molecule has 3 fully saturated rings. The highest BCUT2D eigenvalue weighted by atomic mass is 35.5. The number of aryl methyl sites for hydroxylation is 3. The van der Waals surface area contributed by atoms with Crippen LogP contribution in [0.2, 0.25) is 60.3 Å². The number of nitrogens with zero attached hydrogens (tertiary/aromatic N) is 18. The highest BCUT2D eigenvalue weighted by Gasteiger charge is 2.40. The molecule has 3 saturated heterocycles. The molecule has 6 N–H and O–H groups in total. The number of carbonyl (C=O) groups is 3. The van der Waals surface area contributed by atoms with Gasteiger partial charge in [0.05, 0.1) is 141 Å². The Morgan fingerprint density at radius 2 is 0.659 bits per heavy atom. The lowest BCUT2D eigenvalue weighted by Gasteiger charge is -2.41. The van der Waals surface area contributed by atoms with Gasteiger partial charge >= 0.3 is 0 Å². The summed E-state index contributed by atoms with van der Waals surface area (Å²) in [4.78, 5) is 120. The van der Waals surface area contributed by atoms with Gasteiger partial charge in [0.25, 0.3) is 16.7 Å². The minimum absolute atomic E-state index is 0.00770. The second kappa shape index (κ2) is 41.4. The smallest absolute Gasteiger partial charge is 0.276 e. The molecule has 42 heteroatoms. The van der Waals surface area contributed by atoms with Gasteiger partial charge in [-0.2, -0.15) is 15.8 Å². The molecule has 12 aromatic rings. The largest absolute Gasteiger partial charge is 0.397 e. The SMILES string of the molecule is C=CC(=O)N1CCN(c2c(C#N)c(=O)n(-c3c(C)ccnc3C(C)C)c3nc(-c4c(N)c(Cl)c(Cl)c(Cl)c4F)c(Cl)cc23)C[C@H]1C.C=CC(=O)N1CCN(c2c(C#N)c(=O)n(-c3c(C)ccnc3C(C)C)c3nc(-c4c(N)c(Cl)c(F)c(Cl)c4Cl)c(Cl)cc23)C[C@H]1C.C=CC(=O)N1CCN(c2c(C#N)c(=O)n(-c3c(C)ccnc3C(C)C)c3nc(-c4c(N)c(Cl)c(F)c(Cl)c4Cl)c(Cl)cc23)C[C@H]1C. The second-order valence-electron chi connectivity index (χ2n) is 33.8. The first-order valence-corrected chi connectivity index (χ1v) is 47.1. The van der Waals surface area contributed by atoms with Crippen LogP contribution in [0.4, 0.5) is 47.3 Å². The van der Waals surface area contributed by atoms with Crippen LogP contribution in [0.5, 0.6) is 0 Å². The van der Waals surface area contributed by atoms with E-state index in [0.29, 0.717) is 137 Å². The summed E-state index contributed by atoms with van der Waals surface area (Å²) in [7, 11) is 0. The number of amides is 3. The van der Waals surface area contributed by atoms with Crippen molar-refractivity contribution in [3.8, 4) is 69.0 Å². The highest BCUT2D eigenvalue weighted by molar-refractivity contribution is 6.51. The zero-order chi connectivity index (χ0) is 101. The molecule has 0 saturated carbocycles. The number of nitrogen functional groups attached to an aromatic ring is 3. The van der Waals surface area contributed by atoms with E-state index in [1.807, 2.05) is 97.8 Å². The number of fused-ring (bicyclic) bond motifs is 3. The maximum atomic E-state index is 15.7. The molecule has 3 aromatic carbocycles. The van der Waals surface area contributed by atoms with E-state index in [1.54, 1.807) is 63.6 Å². The molecule has 3 atom stereocenters. The van der Waals surface area contributed by atoms with E-state index in [-0.39, 0.29) is 179 Å². The van der Waals surface area contributed by atoms with Crippen LogP contribution >= 0.6 is 139 Å². The van der Waals surface area contributed by atoms with E-state index in [0.717, 1.165) is 0 Å². The zero-order valence-electron chi connectivity index (χ0n) is 75.8. The average molecular weight is 2110 g/mol. The number of hydrogen-bond acceptors (Lipinski definition) is 21. The molecule has 15 rings (SSSR count). The van der Waals surface area contributed by atoms with Gasteiger partial charge in [0.1, 0.15) is 61.9 Å². The van der Waals surface area contributed by atoms with Crippen LogP contribution in [0.15, 0.2) is 107 Å². The summed E-state index contributed by atoms with van der Waals surface area (Å²) in [5, 5.41) is 29.1. The van der Waals surface area contributed by atoms with Crippen LogP contribution in [-0.4, -0.2) is 153 Å². The number of aromatic nitrogens is 9. The molecular weight excluding hydrogens is 2030 g/mol. The third kappa shape index (κ3) is 18.3. The minimum atomic E-state index is -1.000. The summed E-state index contributed by atoms with van der Waals surface area (Å²) in [5.74, 6) is -4.04. The number of hydrogen-bond donors (Lipinski definition) is 3. The molecule has 138 heavy (non-hydrogen) atoms. The van der Waals surface area contributed by atoms with Crippen LogP contribution in [0, 0.1) is 72.2 Å².